The molecule has 78 valence electrons. The van der Waals surface area contributed by atoms with Gasteiger partial charge in [-0.15, -0.1) is 0 Å². The summed E-state index contributed by atoms with van der Waals surface area (Å²) in [5.41, 5.74) is 0.513. The van der Waals surface area contributed by atoms with Gasteiger partial charge < -0.3 is 15.2 Å². The maximum absolute atomic E-state index is 9.34. The van der Waals surface area contributed by atoms with Crippen LogP contribution in [-0.2, 0) is 5.54 Å². The van der Waals surface area contributed by atoms with Crippen molar-refractivity contribution in [2.45, 2.75) is 12.5 Å². The quantitative estimate of drug-likeness (QED) is 0.756. The Bertz CT molecular complexity index is 295. The molecule has 3 heteroatoms. The first-order chi connectivity index (χ1) is 6.68. The molecule has 1 aromatic rings. The van der Waals surface area contributed by atoms with Gasteiger partial charge in [-0.05, 0) is 20.0 Å². The summed E-state index contributed by atoms with van der Waals surface area (Å²) in [6.45, 7) is 1.97. The Morgan fingerprint density at radius 3 is 2.57 bits per heavy atom. The molecular weight excluding hydrogens is 178 g/mol. The van der Waals surface area contributed by atoms with Gasteiger partial charge in [-0.25, -0.2) is 0 Å². The number of rotatable bonds is 4. The molecule has 0 aliphatic rings. The molecule has 0 bridgehead atoms. The van der Waals surface area contributed by atoms with Crippen LogP contribution in [0.4, 0.5) is 0 Å². The number of likely N-dealkylation sites (N-methyl/N-ethyl adjacent to an activating group) is 1. The first kappa shape index (κ1) is 11.0. The van der Waals surface area contributed by atoms with Crippen LogP contribution in [0.3, 0.4) is 0 Å². The van der Waals surface area contributed by atoms with Crippen LogP contribution in [0.1, 0.15) is 12.5 Å². The SMILES string of the molecule is CNC(C)(CO)c1ccccc1OC. The zero-order chi connectivity index (χ0) is 10.6. The minimum absolute atomic E-state index is 0.0316. The van der Waals surface area contributed by atoms with Crippen LogP contribution >= 0.6 is 0 Å². The lowest BCUT2D eigenvalue weighted by Crippen LogP contribution is -2.40. The number of aliphatic hydroxyl groups excluding tert-OH is 1. The lowest BCUT2D eigenvalue weighted by atomic mass is 9.92. The predicted molar refractivity (Wildman–Crippen MR) is 56.5 cm³/mol. The van der Waals surface area contributed by atoms with Gasteiger partial charge in [0.2, 0.25) is 0 Å². The van der Waals surface area contributed by atoms with Crippen molar-refractivity contribution in [1.82, 2.24) is 5.32 Å². The Labute approximate surface area is 84.7 Å². The maximum atomic E-state index is 9.34. The van der Waals surface area contributed by atoms with Crippen LogP contribution in [0.25, 0.3) is 0 Å². The third kappa shape index (κ3) is 1.89. The van der Waals surface area contributed by atoms with Gasteiger partial charge in [0.15, 0.2) is 0 Å². The number of ether oxygens (including phenoxy) is 1. The molecule has 0 amide bonds. The van der Waals surface area contributed by atoms with E-state index in [9.17, 15) is 5.11 Å². The molecule has 0 saturated heterocycles. The topological polar surface area (TPSA) is 41.5 Å². The summed E-state index contributed by atoms with van der Waals surface area (Å²) in [5.74, 6) is 0.790. The van der Waals surface area contributed by atoms with E-state index in [4.69, 9.17) is 4.74 Å². The van der Waals surface area contributed by atoms with Crippen molar-refractivity contribution in [3.63, 3.8) is 0 Å². The van der Waals surface area contributed by atoms with E-state index in [-0.39, 0.29) is 6.61 Å². The van der Waals surface area contributed by atoms with Gasteiger partial charge in [-0.3, -0.25) is 0 Å². The number of para-hydroxylation sites is 1. The van der Waals surface area contributed by atoms with Gasteiger partial charge in [0, 0.05) is 5.56 Å². The molecule has 0 radical (unpaired) electrons. The summed E-state index contributed by atoms with van der Waals surface area (Å²) in [7, 11) is 3.45. The van der Waals surface area contributed by atoms with Crippen LogP contribution < -0.4 is 10.1 Å². The maximum Gasteiger partial charge on any atom is 0.123 e. The van der Waals surface area contributed by atoms with Crippen LogP contribution in [-0.4, -0.2) is 25.9 Å². The molecule has 0 heterocycles. The molecule has 0 aliphatic heterocycles. The highest BCUT2D eigenvalue weighted by Crippen LogP contribution is 2.28. The molecule has 0 fully saturated rings. The largest absolute Gasteiger partial charge is 0.496 e. The summed E-state index contributed by atoms with van der Waals surface area (Å²) in [4.78, 5) is 0. The second-order valence-corrected chi connectivity index (χ2v) is 3.44. The van der Waals surface area contributed by atoms with Gasteiger partial charge >= 0.3 is 0 Å². The van der Waals surface area contributed by atoms with E-state index >= 15 is 0 Å². The lowest BCUT2D eigenvalue weighted by Gasteiger charge is -2.28. The summed E-state index contributed by atoms with van der Waals surface area (Å²) in [6.07, 6.45) is 0. The molecule has 1 aromatic carbocycles. The Morgan fingerprint density at radius 1 is 1.43 bits per heavy atom. The first-order valence-electron chi connectivity index (χ1n) is 4.61. The third-order valence-corrected chi connectivity index (χ3v) is 2.57. The first-order valence-corrected chi connectivity index (χ1v) is 4.61. The highest BCUT2D eigenvalue weighted by molar-refractivity contribution is 5.38. The fourth-order valence-electron chi connectivity index (χ4n) is 1.40. The number of hydrogen-bond acceptors (Lipinski definition) is 3. The molecule has 0 saturated carbocycles. The van der Waals surface area contributed by atoms with E-state index < -0.39 is 5.54 Å². The molecule has 0 spiro atoms. The number of hydrogen-bond donors (Lipinski definition) is 2. The van der Waals surface area contributed by atoms with Crippen molar-refractivity contribution in [2.24, 2.45) is 0 Å². The van der Waals surface area contributed by atoms with Crippen LogP contribution in [0.2, 0.25) is 0 Å². The van der Waals surface area contributed by atoms with Crippen LogP contribution in [0, 0.1) is 0 Å². The lowest BCUT2D eigenvalue weighted by molar-refractivity contribution is 0.180. The van der Waals surface area contributed by atoms with Gasteiger partial charge in [0.25, 0.3) is 0 Å². The molecule has 0 aliphatic carbocycles. The molecule has 1 rings (SSSR count). The Balaban J connectivity index is 3.15. The molecule has 14 heavy (non-hydrogen) atoms. The van der Waals surface area contributed by atoms with Crippen molar-refractivity contribution < 1.29 is 9.84 Å². The van der Waals surface area contributed by atoms with Crippen molar-refractivity contribution in [3.05, 3.63) is 29.8 Å². The van der Waals surface area contributed by atoms with Crippen molar-refractivity contribution in [3.8, 4) is 5.75 Å². The van der Waals surface area contributed by atoms with E-state index in [1.54, 1.807) is 7.11 Å². The van der Waals surface area contributed by atoms with E-state index in [1.165, 1.54) is 0 Å². The molecule has 0 aromatic heterocycles. The summed E-state index contributed by atoms with van der Waals surface area (Å²) >= 11 is 0. The van der Waals surface area contributed by atoms with Gasteiger partial charge in [0.1, 0.15) is 5.75 Å². The zero-order valence-corrected chi connectivity index (χ0v) is 8.87. The minimum atomic E-state index is -0.452. The highest BCUT2D eigenvalue weighted by atomic mass is 16.5. The Hall–Kier alpha value is -1.06. The van der Waals surface area contributed by atoms with Gasteiger partial charge in [-0.1, -0.05) is 18.2 Å². The summed E-state index contributed by atoms with van der Waals surface area (Å²) in [6, 6.07) is 7.69. The fourth-order valence-corrected chi connectivity index (χ4v) is 1.40. The Kier molecular flexibility index (Phi) is 3.49. The van der Waals surface area contributed by atoms with E-state index in [0.717, 1.165) is 11.3 Å². The molecule has 1 unspecified atom stereocenters. The normalized spacial score (nSPS) is 14.9. The van der Waals surface area contributed by atoms with Crippen molar-refractivity contribution in [1.29, 1.82) is 0 Å². The zero-order valence-electron chi connectivity index (χ0n) is 8.87. The van der Waals surface area contributed by atoms with Crippen molar-refractivity contribution >= 4 is 0 Å². The average molecular weight is 195 g/mol. The Morgan fingerprint density at radius 2 is 2.07 bits per heavy atom. The van der Waals surface area contributed by atoms with Crippen molar-refractivity contribution in [2.75, 3.05) is 20.8 Å². The third-order valence-electron chi connectivity index (χ3n) is 2.57. The molecular formula is C11H17NO2. The van der Waals surface area contributed by atoms with E-state index in [0.29, 0.717) is 0 Å². The average Bonchev–Trinajstić information content (AvgIpc) is 2.28. The number of nitrogens with one attached hydrogen (secondary N) is 1. The standard InChI is InChI=1S/C11H17NO2/c1-11(8-13,12-2)9-6-4-5-7-10(9)14-3/h4-7,12-13H,8H2,1-3H3. The van der Waals surface area contributed by atoms with E-state index in [2.05, 4.69) is 5.32 Å². The molecule has 3 nitrogen and oxygen atoms in total. The predicted octanol–water partition coefficient (Wildman–Crippen LogP) is 1.12. The number of methoxy groups -OCH3 is 1. The fraction of sp³-hybridized carbons (Fsp3) is 0.455. The monoisotopic (exact) mass is 195 g/mol. The smallest absolute Gasteiger partial charge is 0.123 e. The summed E-state index contributed by atoms with van der Waals surface area (Å²) in [5, 5.41) is 12.4. The van der Waals surface area contributed by atoms with Gasteiger partial charge in [-0.2, -0.15) is 0 Å². The molecule has 1 atom stereocenters. The van der Waals surface area contributed by atoms with Gasteiger partial charge in [0.05, 0.1) is 19.3 Å². The minimum Gasteiger partial charge on any atom is -0.496 e. The molecule has 2 N–H and O–H groups in total. The number of aliphatic hydroxyl groups is 1. The second kappa shape index (κ2) is 4.44. The van der Waals surface area contributed by atoms with Crippen LogP contribution in [0.5, 0.6) is 5.75 Å². The van der Waals surface area contributed by atoms with E-state index in [1.807, 2.05) is 38.2 Å². The highest BCUT2D eigenvalue weighted by Gasteiger charge is 2.26. The second-order valence-electron chi connectivity index (χ2n) is 3.44. The number of benzene rings is 1. The van der Waals surface area contributed by atoms with Crippen LogP contribution in [0.15, 0.2) is 24.3 Å². The summed E-state index contributed by atoms with van der Waals surface area (Å²) < 4.78 is 5.24.